The molecule has 1 fully saturated rings. The molecule has 0 spiro atoms. The molecule has 1 aliphatic heterocycles. The zero-order valence-corrected chi connectivity index (χ0v) is 11.5. The van der Waals surface area contributed by atoms with Crippen LogP contribution in [0.3, 0.4) is 0 Å². The van der Waals surface area contributed by atoms with Crippen LogP contribution in [-0.4, -0.2) is 49.4 Å². The Bertz CT molecular complexity index is 275. The molecule has 1 unspecified atom stereocenters. The Hall–Kier alpha value is -1.10. The summed E-state index contributed by atoms with van der Waals surface area (Å²) in [7, 11) is 1.60. The number of nitrogens with zero attached hydrogens (tertiary/aromatic N) is 1. The van der Waals surface area contributed by atoms with E-state index < -0.39 is 0 Å². The van der Waals surface area contributed by atoms with Gasteiger partial charge in [0.25, 0.3) is 0 Å². The SMILES string of the molecule is CCCN(CC(=O)NC)C(=O)CCC1CCCN1. The van der Waals surface area contributed by atoms with E-state index in [-0.39, 0.29) is 18.4 Å². The largest absolute Gasteiger partial charge is 0.358 e. The number of rotatable bonds is 7. The van der Waals surface area contributed by atoms with E-state index in [0.717, 1.165) is 25.8 Å². The molecule has 1 rings (SSSR count). The van der Waals surface area contributed by atoms with Crippen molar-refractivity contribution in [3.8, 4) is 0 Å². The second-order valence-electron chi connectivity index (χ2n) is 4.82. The predicted molar refractivity (Wildman–Crippen MR) is 71.2 cm³/mol. The summed E-state index contributed by atoms with van der Waals surface area (Å²) in [4.78, 5) is 25.1. The molecule has 0 aromatic heterocycles. The van der Waals surface area contributed by atoms with Crippen molar-refractivity contribution in [2.45, 2.75) is 45.1 Å². The average Bonchev–Trinajstić information content (AvgIpc) is 2.88. The Labute approximate surface area is 109 Å². The van der Waals surface area contributed by atoms with E-state index in [1.807, 2.05) is 6.92 Å². The minimum atomic E-state index is -0.101. The average molecular weight is 255 g/mol. The van der Waals surface area contributed by atoms with Crippen molar-refractivity contribution in [2.75, 3.05) is 26.7 Å². The number of nitrogens with one attached hydrogen (secondary N) is 2. The third-order valence-corrected chi connectivity index (χ3v) is 3.33. The van der Waals surface area contributed by atoms with E-state index in [1.54, 1.807) is 11.9 Å². The first-order valence-electron chi connectivity index (χ1n) is 6.89. The van der Waals surface area contributed by atoms with Gasteiger partial charge in [-0.25, -0.2) is 0 Å². The van der Waals surface area contributed by atoms with Crippen molar-refractivity contribution in [1.82, 2.24) is 15.5 Å². The van der Waals surface area contributed by atoms with Crippen LogP contribution in [0.15, 0.2) is 0 Å². The van der Waals surface area contributed by atoms with Crippen LogP contribution in [0.5, 0.6) is 0 Å². The molecule has 1 atom stereocenters. The lowest BCUT2D eigenvalue weighted by Gasteiger charge is -2.22. The molecule has 1 saturated heterocycles. The maximum Gasteiger partial charge on any atom is 0.239 e. The summed E-state index contributed by atoms with van der Waals surface area (Å²) in [5, 5.41) is 5.95. The summed E-state index contributed by atoms with van der Waals surface area (Å²) in [5.74, 6) is -0.00931. The Morgan fingerprint density at radius 1 is 1.44 bits per heavy atom. The summed E-state index contributed by atoms with van der Waals surface area (Å²) in [6.07, 6.45) is 4.66. The molecule has 2 amide bonds. The van der Waals surface area contributed by atoms with Crippen LogP contribution in [0.25, 0.3) is 0 Å². The fourth-order valence-corrected chi connectivity index (χ4v) is 2.27. The van der Waals surface area contributed by atoms with E-state index in [4.69, 9.17) is 0 Å². The highest BCUT2D eigenvalue weighted by Crippen LogP contribution is 2.11. The van der Waals surface area contributed by atoms with Crippen LogP contribution in [0.4, 0.5) is 0 Å². The van der Waals surface area contributed by atoms with Gasteiger partial charge >= 0.3 is 0 Å². The van der Waals surface area contributed by atoms with Crippen molar-refractivity contribution in [3.05, 3.63) is 0 Å². The summed E-state index contributed by atoms with van der Waals surface area (Å²) in [6, 6.07) is 0.484. The van der Waals surface area contributed by atoms with Gasteiger partial charge in [0, 0.05) is 26.1 Å². The lowest BCUT2D eigenvalue weighted by atomic mass is 10.1. The van der Waals surface area contributed by atoms with Crippen LogP contribution < -0.4 is 10.6 Å². The van der Waals surface area contributed by atoms with Crippen molar-refractivity contribution < 1.29 is 9.59 Å². The Morgan fingerprint density at radius 3 is 2.78 bits per heavy atom. The van der Waals surface area contributed by atoms with Gasteiger partial charge in [0.05, 0.1) is 6.54 Å². The zero-order chi connectivity index (χ0) is 13.4. The van der Waals surface area contributed by atoms with E-state index in [0.29, 0.717) is 19.0 Å². The molecule has 5 nitrogen and oxygen atoms in total. The fraction of sp³-hybridized carbons (Fsp3) is 0.846. The number of hydrogen-bond donors (Lipinski definition) is 2. The molecule has 0 saturated carbocycles. The summed E-state index contributed by atoms with van der Waals surface area (Å²) in [5.41, 5.74) is 0. The van der Waals surface area contributed by atoms with Gasteiger partial charge in [-0.1, -0.05) is 6.92 Å². The standard InChI is InChI=1S/C13H25N3O2/c1-3-9-16(10-12(17)14-2)13(18)7-6-11-5-4-8-15-11/h11,15H,3-10H2,1-2H3,(H,14,17). The van der Waals surface area contributed by atoms with Crippen molar-refractivity contribution in [1.29, 1.82) is 0 Å². The summed E-state index contributed by atoms with van der Waals surface area (Å²) in [6.45, 7) is 3.92. The molecule has 1 heterocycles. The molecular formula is C13H25N3O2. The second-order valence-corrected chi connectivity index (χ2v) is 4.82. The lowest BCUT2D eigenvalue weighted by molar-refractivity contribution is -0.136. The highest BCUT2D eigenvalue weighted by Gasteiger charge is 2.19. The predicted octanol–water partition coefficient (Wildman–Crippen LogP) is 0.503. The van der Waals surface area contributed by atoms with Crippen LogP contribution in [0, 0.1) is 0 Å². The van der Waals surface area contributed by atoms with Gasteiger partial charge in [-0.2, -0.15) is 0 Å². The van der Waals surface area contributed by atoms with E-state index in [1.165, 1.54) is 6.42 Å². The number of carbonyl (C=O) groups is 2. The molecule has 104 valence electrons. The van der Waals surface area contributed by atoms with Crippen LogP contribution in [-0.2, 0) is 9.59 Å². The van der Waals surface area contributed by atoms with Gasteiger partial charge in [0.15, 0.2) is 0 Å². The van der Waals surface area contributed by atoms with Crippen molar-refractivity contribution >= 4 is 11.8 Å². The highest BCUT2D eigenvalue weighted by molar-refractivity contribution is 5.84. The molecule has 0 radical (unpaired) electrons. The van der Waals surface area contributed by atoms with Crippen molar-refractivity contribution in [2.24, 2.45) is 0 Å². The smallest absolute Gasteiger partial charge is 0.239 e. The third-order valence-electron chi connectivity index (χ3n) is 3.33. The monoisotopic (exact) mass is 255 g/mol. The van der Waals surface area contributed by atoms with Crippen LogP contribution >= 0.6 is 0 Å². The third kappa shape index (κ3) is 5.04. The topological polar surface area (TPSA) is 61.4 Å². The highest BCUT2D eigenvalue weighted by atomic mass is 16.2. The number of amides is 2. The molecule has 18 heavy (non-hydrogen) atoms. The maximum atomic E-state index is 12.1. The molecule has 2 N–H and O–H groups in total. The normalized spacial score (nSPS) is 18.7. The molecular weight excluding hydrogens is 230 g/mol. The lowest BCUT2D eigenvalue weighted by Crippen LogP contribution is -2.40. The Morgan fingerprint density at radius 2 is 2.22 bits per heavy atom. The van der Waals surface area contributed by atoms with Gasteiger partial charge in [0.2, 0.25) is 11.8 Å². The molecule has 0 aromatic rings. The zero-order valence-electron chi connectivity index (χ0n) is 11.5. The van der Waals surface area contributed by atoms with Crippen molar-refractivity contribution in [3.63, 3.8) is 0 Å². The molecule has 0 aliphatic carbocycles. The minimum Gasteiger partial charge on any atom is -0.358 e. The molecule has 1 aliphatic rings. The van der Waals surface area contributed by atoms with E-state index in [9.17, 15) is 9.59 Å². The summed E-state index contributed by atoms with van der Waals surface area (Å²) < 4.78 is 0. The number of hydrogen-bond acceptors (Lipinski definition) is 3. The first-order valence-corrected chi connectivity index (χ1v) is 6.89. The van der Waals surface area contributed by atoms with E-state index in [2.05, 4.69) is 10.6 Å². The first kappa shape index (κ1) is 15.0. The van der Waals surface area contributed by atoms with Gasteiger partial charge in [-0.05, 0) is 32.2 Å². The number of carbonyl (C=O) groups excluding carboxylic acids is 2. The van der Waals surface area contributed by atoms with Gasteiger partial charge < -0.3 is 15.5 Å². The fourth-order valence-electron chi connectivity index (χ4n) is 2.27. The second kappa shape index (κ2) is 8.08. The summed E-state index contributed by atoms with van der Waals surface area (Å²) >= 11 is 0. The quantitative estimate of drug-likeness (QED) is 0.696. The molecule has 5 heteroatoms. The van der Waals surface area contributed by atoms with E-state index >= 15 is 0 Å². The van der Waals surface area contributed by atoms with Crippen LogP contribution in [0.2, 0.25) is 0 Å². The first-order chi connectivity index (χ1) is 8.67. The maximum absolute atomic E-state index is 12.1. The minimum absolute atomic E-state index is 0.0918. The van der Waals surface area contributed by atoms with Gasteiger partial charge in [-0.15, -0.1) is 0 Å². The van der Waals surface area contributed by atoms with Gasteiger partial charge in [-0.3, -0.25) is 9.59 Å². The Kier molecular flexibility index (Phi) is 6.72. The molecule has 0 aromatic carbocycles. The molecule has 0 bridgehead atoms. The Balaban J connectivity index is 2.35. The number of likely N-dealkylation sites (N-methyl/N-ethyl adjacent to an activating group) is 1. The van der Waals surface area contributed by atoms with Gasteiger partial charge in [0.1, 0.15) is 0 Å². The van der Waals surface area contributed by atoms with Crippen LogP contribution in [0.1, 0.15) is 39.0 Å².